The van der Waals surface area contributed by atoms with Crippen LogP contribution < -0.4 is 4.90 Å². The van der Waals surface area contributed by atoms with Crippen molar-refractivity contribution in [1.29, 1.82) is 0 Å². The highest BCUT2D eigenvalue weighted by Gasteiger charge is 2.52. The number of thiazole rings is 1. The standard InChI is InChI=1S/C15H18N2O3S/c1-10(18)11-9-21-14(16-11)17-12(19)8-15(13(17)20)6-4-2-3-5-7-15/h9H,2-8H2,1H3. The van der Waals surface area contributed by atoms with E-state index < -0.39 is 5.41 Å². The van der Waals surface area contributed by atoms with Crippen LogP contribution in [0.15, 0.2) is 5.38 Å². The first-order chi connectivity index (χ1) is 10.0. The van der Waals surface area contributed by atoms with Gasteiger partial charge in [0, 0.05) is 18.7 Å². The van der Waals surface area contributed by atoms with Crippen LogP contribution in [0.4, 0.5) is 5.13 Å². The van der Waals surface area contributed by atoms with Crippen molar-refractivity contribution >= 4 is 34.1 Å². The number of hydrogen-bond acceptors (Lipinski definition) is 5. The minimum Gasteiger partial charge on any atom is -0.293 e. The fraction of sp³-hybridized carbons (Fsp3) is 0.600. The van der Waals surface area contributed by atoms with Crippen LogP contribution in [0.3, 0.4) is 0 Å². The predicted molar refractivity (Wildman–Crippen MR) is 79.4 cm³/mol. The van der Waals surface area contributed by atoms with Crippen LogP contribution in [-0.4, -0.2) is 22.6 Å². The van der Waals surface area contributed by atoms with Gasteiger partial charge in [0.15, 0.2) is 10.9 Å². The van der Waals surface area contributed by atoms with Crippen LogP contribution >= 0.6 is 11.3 Å². The molecule has 1 spiro atoms. The van der Waals surface area contributed by atoms with Crippen LogP contribution in [0.5, 0.6) is 0 Å². The van der Waals surface area contributed by atoms with Crippen molar-refractivity contribution in [3.05, 3.63) is 11.1 Å². The highest BCUT2D eigenvalue weighted by atomic mass is 32.1. The number of ketones is 1. The second-order valence-electron chi connectivity index (χ2n) is 5.98. The Balaban J connectivity index is 1.90. The number of hydrogen-bond donors (Lipinski definition) is 0. The molecule has 1 aliphatic heterocycles. The van der Waals surface area contributed by atoms with Gasteiger partial charge in [0.2, 0.25) is 11.8 Å². The summed E-state index contributed by atoms with van der Waals surface area (Å²) in [6, 6.07) is 0. The molecule has 2 amide bonds. The van der Waals surface area contributed by atoms with Gasteiger partial charge in [-0.15, -0.1) is 11.3 Å². The van der Waals surface area contributed by atoms with Crippen molar-refractivity contribution in [2.45, 2.75) is 51.9 Å². The average molecular weight is 306 g/mol. The molecule has 2 heterocycles. The summed E-state index contributed by atoms with van der Waals surface area (Å²) in [6.07, 6.45) is 6.15. The summed E-state index contributed by atoms with van der Waals surface area (Å²) in [6.45, 7) is 1.43. The van der Waals surface area contributed by atoms with Crippen molar-refractivity contribution in [3.8, 4) is 0 Å². The number of imide groups is 1. The molecule has 1 aromatic rings. The summed E-state index contributed by atoms with van der Waals surface area (Å²) >= 11 is 1.19. The number of carbonyl (C=O) groups excluding carboxylic acids is 3. The number of nitrogens with zero attached hydrogens (tertiary/aromatic N) is 2. The highest BCUT2D eigenvalue weighted by Crippen LogP contribution is 2.46. The molecule has 2 aliphatic rings. The molecule has 1 aromatic heterocycles. The number of rotatable bonds is 2. The van der Waals surface area contributed by atoms with Crippen LogP contribution in [0, 0.1) is 5.41 Å². The van der Waals surface area contributed by atoms with Gasteiger partial charge in [0.25, 0.3) is 0 Å². The smallest absolute Gasteiger partial charge is 0.242 e. The van der Waals surface area contributed by atoms with Crippen LogP contribution in [0.2, 0.25) is 0 Å². The van der Waals surface area contributed by atoms with Crippen molar-refractivity contribution in [2.24, 2.45) is 5.41 Å². The van der Waals surface area contributed by atoms with E-state index in [1.807, 2.05) is 0 Å². The molecule has 0 aromatic carbocycles. The van der Waals surface area contributed by atoms with Gasteiger partial charge in [-0.1, -0.05) is 25.7 Å². The minimum atomic E-state index is -0.518. The first-order valence-electron chi connectivity index (χ1n) is 7.37. The molecule has 21 heavy (non-hydrogen) atoms. The Labute approximate surface area is 127 Å². The normalized spacial score (nSPS) is 21.9. The first-order valence-corrected chi connectivity index (χ1v) is 8.25. The molecule has 1 saturated carbocycles. The van der Waals surface area contributed by atoms with E-state index in [1.54, 1.807) is 5.38 Å². The summed E-state index contributed by atoms with van der Waals surface area (Å²) in [5.41, 5.74) is -0.201. The molecule has 0 radical (unpaired) electrons. The summed E-state index contributed by atoms with van der Waals surface area (Å²) in [5, 5.41) is 1.95. The van der Waals surface area contributed by atoms with Gasteiger partial charge in [-0.2, -0.15) is 0 Å². The Morgan fingerprint density at radius 2 is 1.90 bits per heavy atom. The second-order valence-corrected chi connectivity index (χ2v) is 6.81. The quantitative estimate of drug-likeness (QED) is 0.622. The lowest BCUT2D eigenvalue weighted by Gasteiger charge is -2.24. The molecule has 3 rings (SSSR count). The van der Waals surface area contributed by atoms with Gasteiger partial charge in [0.05, 0.1) is 5.41 Å². The third kappa shape index (κ3) is 2.41. The fourth-order valence-corrected chi connectivity index (χ4v) is 4.19. The molecule has 6 heteroatoms. The highest BCUT2D eigenvalue weighted by molar-refractivity contribution is 7.14. The zero-order valence-corrected chi connectivity index (χ0v) is 12.9. The summed E-state index contributed by atoms with van der Waals surface area (Å²) in [5.74, 6) is -0.439. The maximum Gasteiger partial charge on any atom is 0.242 e. The number of anilines is 1. The van der Waals surface area contributed by atoms with E-state index >= 15 is 0 Å². The molecule has 5 nitrogen and oxygen atoms in total. The molecule has 112 valence electrons. The zero-order chi connectivity index (χ0) is 15.0. The van der Waals surface area contributed by atoms with Crippen molar-refractivity contribution in [3.63, 3.8) is 0 Å². The van der Waals surface area contributed by atoms with E-state index in [0.717, 1.165) is 38.5 Å². The van der Waals surface area contributed by atoms with Crippen LogP contribution in [0.1, 0.15) is 62.4 Å². The van der Waals surface area contributed by atoms with Gasteiger partial charge in [-0.3, -0.25) is 14.4 Å². The van der Waals surface area contributed by atoms with Gasteiger partial charge in [-0.25, -0.2) is 9.88 Å². The Morgan fingerprint density at radius 1 is 1.24 bits per heavy atom. The Morgan fingerprint density at radius 3 is 2.48 bits per heavy atom. The van der Waals surface area contributed by atoms with Crippen molar-refractivity contribution in [1.82, 2.24) is 4.98 Å². The van der Waals surface area contributed by atoms with E-state index in [-0.39, 0.29) is 17.6 Å². The summed E-state index contributed by atoms with van der Waals surface area (Å²) in [7, 11) is 0. The Kier molecular flexibility index (Phi) is 3.65. The molecule has 0 atom stereocenters. The molecule has 0 bridgehead atoms. The van der Waals surface area contributed by atoms with E-state index in [9.17, 15) is 14.4 Å². The van der Waals surface area contributed by atoms with Crippen LogP contribution in [-0.2, 0) is 9.59 Å². The van der Waals surface area contributed by atoms with Crippen molar-refractivity contribution < 1.29 is 14.4 Å². The number of aromatic nitrogens is 1. The molecule has 2 fully saturated rings. The summed E-state index contributed by atoms with van der Waals surface area (Å²) in [4.78, 5) is 41.8. The lowest BCUT2D eigenvalue weighted by molar-refractivity contribution is -0.126. The largest absolute Gasteiger partial charge is 0.293 e. The monoisotopic (exact) mass is 306 g/mol. The third-order valence-corrected chi connectivity index (χ3v) is 5.33. The first kappa shape index (κ1) is 14.4. The van der Waals surface area contributed by atoms with Gasteiger partial charge >= 0.3 is 0 Å². The van der Waals surface area contributed by atoms with E-state index in [2.05, 4.69) is 4.98 Å². The SMILES string of the molecule is CC(=O)c1csc(N2C(=O)CC3(CCCCCC3)C2=O)n1. The molecule has 1 saturated heterocycles. The van der Waals surface area contributed by atoms with Gasteiger partial charge in [0.1, 0.15) is 5.69 Å². The fourth-order valence-electron chi connectivity index (χ4n) is 3.31. The Bertz CT molecular complexity index is 600. The lowest BCUT2D eigenvalue weighted by atomic mass is 9.79. The molecular weight excluding hydrogens is 288 g/mol. The maximum atomic E-state index is 12.8. The number of carbonyl (C=O) groups is 3. The molecule has 0 unspecified atom stereocenters. The van der Waals surface area contributed by atoms with E-state index in [4.69, 9.17) is 0 Å². The molecule has 1 aliphatic carbocycles. The van der Waals surface area contributed by atoms with E-state index in [1.165, 1.54) is 23.2 Å². The predicted octanol–water partition coefficient (Wildman–Crippen LogP) is 2.95. The Hall–Kier alpha value is -1.56. The lowest BCUT2D eigenvalue weighted by Crippen LogP contribution is -2.35. The second kappa shape index (κ2) is 5.33. The zero-order valence-electron chi connectivity index (χ0n) is 12.1. The maximum absolute atomic E-state index is 12.8. The van der Waals surface area contributed by atoms with E-state index in [0.29, 0.717) is 17.2 Å². The van der Waals surface area contributed by atoms with Gasteiger partial charge < -0.3 is 0 Å². The van der Waals surface area contributed by atoms with Gasteiger partial charge in [-0.05, 0) is 12.8 Å². The molecule has 0 N–H and O–H groups in total. The minimum absolute atomic E-state index is 0.112. The topological polar surface area (TPSA) is 67.3 Å². The molecular formula is C15H18N2O3S. The van der Waals surface area contributed by atoms with Crippen molar-refractivity contribution in [2.75, 3.05) is 4.90 Å². The number of Topliss-reactive ketones (excluding diaryl/α,β-unsaturated/α-hetero) is 1. The average Bonchev–Trinajstić information content (AvgIpc) is 2.90. The third-order valence-electron chi connectivity index (χ3n) is 4.50. The summed E-state index contributed by atoms with van der Waals surface area (Å²) < 4.78 is 0. The number of amides is 2. The van der Waals surface area contributed by atoms with Crippen LogP contribution in [0.25, 0.3) is 0 Å².